The Morgan fingerprint density at radius 2 is 1.67 bits per heavy atom. The summed E-state index contributed by atoms with van der Waals surface area (Å²) in [6.07, 6.45) is 0. The molecule has 0 unspecified atom stereocenters. The van der Waals surface area contributed by atoms with Crippen LogP contribution in [0.25, 0.3) is 0 Å². The molecule has 0 aliphatic heterocycles. The first-order chi connectivity index (χ1) is 9.95. The second kappa shape index (κ2) is 6.00. The third-order valence-electron chi connectivity index (χ3n) is 3.66. The molecule has 0 spiro atoms. The van der Waals surface area contributed by atoms with Crippen LogP contribution in [0, 0.1) is 6.92 Å². The van der Waals surface area contributed by atoms with Crippen LogP contribution < -0.4 is 10.1 Å². The predicted molar refractivity (Wildman–Crippen MR) is 85.8 cm³/mol. The van der Waals surface area contributed by atoms with Crippen molar-refractivity contribution >= 4 is 11.6 Å². The van der Waals surface area contributed by atoms with E-state index in [-0.39, 0.29) is 5.91 Å². The molecule has 1 N–H and O–H groups in total. The van der Waals surface area contributed by atoms with Gasteiger partial charge < -0.3 is 10.1 Å². The fourth-order valence-electron chi connectivity index (χ4n) is 2.21. The molecule has 3 heteroatoms. The molecule has 0 aliphatic rings. The molecule has 0 radical (unpaired) electrons. The van der Waals surface area contributed by atoms with Crippen LogP contribution in [0.5, 0.6) is 5.75 Å². The second-order valence-electron chi connectivity index (χ2n) is 5.65. The van der Waals surface area contributed by atoms with Crippen molar-refractivity contribution in [1.29, 1.82) is 0 Å². The Hall–Kier alpha value is -2.29. The maximum absolute atomic E-state index is 12.6. The lowest BCUT2D eigenvalue weighted by atomic mass is 9.83. The number of aryl methyl sites for hydroxylation is 1. The van der Waals surface area contributed by atoms with E-state index in [0.717, 1.165) is 22.6 Å². The van der Waals surface area contributed by atoms with Gasteiger partial charge in [0.1, 0.15) is 5.75 Å². The topological polar surface area (TPSA) is 38.3 Å². The summed E-state index contributed by atoms with van der Waals surface area (Å²) < 4.78 is 5.37. The zero-order chi connectivity index (χ0) is 15.5. The van der Waals surface area contributed by atoms with Gasteiger partial charge in [0.25, 0.3) is 0 Å². The molecule has 0 aromatic heterocycles. The minimum atomic E-state index is -0.683. The summed E-state index contributed by atoms with van der Waals surface area (Å²) in [5.74, 6) is 0.664. The molecule has 0 bridgehead atoms. The van der Waals surface area contributed by atoms with Gasteiger partial charge in [-0.3, -0.25) is 4.79 Å². The number of nitrogens with one attached hydrogen (secondary N) is 1. The van der Waals surface area contributed by atoms with E-state index < -0.39 is 5.41 Å². The highest BCUT2D eigenvalue weighted by molar-refractivity contribution is 5.99. The monoisotopic (exact) mass is 283 g/mol. The van der Waals surface area contributed by atoms with Crippen LogP contribution in [-0.2, 0) is 10.2 Å². The number of para-hydroxylation sites is 1. The van der Waals surface area contributed by atoms with Gasteiger partial charge in [0.15, 0.2) is 0 Å². The first-order valence-electron chi connectivity index (χ1n) is 6.97. The zero-order valence-corrected chi connectivity index (χ0v) is 12.9. The standard InChI is InChI=1S/C18H21NO2/c1-13-9-11-14(12-10-13)19-17(20)18(2,3)15-7-5-6-8-16(15)21-4/h5-12H,1-4H3,(H,19,20). The lowest BCUT2D eigenvalue weighted by molar-refractivity contribution is -0.120. The molecule has 0 heterocycles. The summed E-state index contributed by atoms with van der Waals surface area (Å²) in [6.45, 7) is 5.81. The van der Waals surface area contributed by atoms with Crippen LogP contribution in [0.1, 0.15) is 25.0 Å². The van der Waals surface area contributed by atoms with Crippen LogP contribution >= 0.6 is 0 Å². The number of rotatable bonds is 4. The quantitative estimate of drug-likeness (QED) is 0.923. The SMILES string of the molecule is COc1ccccc1C(C)(C)C(=O)Nc1ccc(C)cc1. The highest BCUT2D eigenvalue weighted by Gasteiger charge is 2.32. The molecule has 21 heavy (non-hydrogen) atoms. The Bertz CT molecular complexity index is 630. The van der Waals surface area contributed by atoms with E-state index in [2.05, 4.69) is 5.32 Å². The molecule has 3 nitrogen and oxygen atoms in total. The van der Waals surface area contributed by atoms with Gasteiger partial charge in [-0.1, -0.05) is 35.9 Å². The van der Waals surface area contributed by atoms with Gasteiger partial charge in [-0.15, -0.1) is 0 Å². The highest BCUT2D eigenvalue weighted by atomic mass is 16.5. The van der Waals surface area contributed by atoms with Crippen molar-refractivity contribution in [2.75, 3.05) is 12.4 Å². The third kappa shape index (κ3) is 3.24. The van der Waals surface area contributed by atoms with Crippen LogP contribution in [0.3, 0.4) is 0 Å². The van der Waals surface area contributed by atoms with E-state index in [1.165, 1.54) is 0 Å². The molecule has 0 saturated carbocycles. The lowest BCUT2D eigenvalue weighted by Gasteiger charge is -2.26. The minimum Gasteiger partial charge on any atom is -0.496 e. The van der Waals surface area contributed by atoms with E-state index >= 15 is 0 Å². The molecular weight excluding hydrogens is 262 g/mol. The van der Waals surface area contributed by atoms with Gasteiger partial charge in [0.2, 0.25) is 5.91 Å². The summed E-state index contributed by atoms with van der Waals surface area (Å²) >= 11 is 0. The van der Waals surface area contributed by atoms with Crippen LogP contribution in [-0.4, -0.2) is 13.0 Å². The summed E-state index contributed by atoms with van der Waals surface area (Å²) in [7, 11) is 1.62. The highest BCUT2D eigenvalue weighted by Crippen LogP contribution is 2.32. The maximum Gasteiger partial charge on any atom is 0.234 e. The van der Waals surface area contributed by atoms with Crippen LogP contribution in [0.2, 0.25) is 0 Å². The first kappa shape index (κ1) is 15.1. The maximum atomic E-state index is 12.6. The van der Waals surface area contributed by atoms with Crippen molar-refractivity contribution in [2.24, 2.45) is 0 Å². The van der Waals surface area contributed by atoms with Gasteiger partial charge >= 0.3 is 0 Å². The summed E-state index contributed by atoms with van der Waals surface area (Å²) in [5.41, 5.74) is 2.15. The number of amides is 1. The smallest absolute Gasteiger partial charge is 0.234 e. The molecule has 2 rings (SSSR count). The Morgan fingerprint density at radius 1 is 1.05 bits per heavy atom. The Labute approximate surface area is 126 Å². The van der Waals surface area contributed by atoms with Crippen molar-refractivity contribution in [3.05, 3.63) is 59.7 Å². The molecule has 0 aliphatic carbocycles. The fraction of sp³-hybridized carbons (Fsp3) is 0.278. The Kier molecular flexibility index (Phi) is 4.32. The number of anilines is 1. The summed E-state index contributed by atoms with van der Waals surface area (Å²) in [5, 5.41) is 2.96. The second-order valence-corrected chi connectivity index (χ2v) is 5.65. The van der Waals surface area contributed by atoms with E-state index in [0.29, 0.717) is 0 Å². The summed E-state index contributed by atoms with van der Waals surface area (Å²) in [4.78, 5) is 12.6. The third-order valence-corrected chi connectivity index (χ3v) is 3.66. The molecule has 0 saturated heterocycles. The molecule has 1 amide bonds. The largest absolute Gasteiger partial charge is 0.496 e. The summed E-state index contributed by atoms with van der Waals surface area (Å²) in [6, 6.07) is 15.4. The Balaban J connectivity index is 2.26. The van der Waals surface area contributed by atoms with E-state index in [1.54, 1.807) is 7.11 Å². The fourth-order valence-corrected chi connectivity index (χ4v) is 2.21. The Morgan fingerprint density at radius 3 is 2.29 bits per heavy atom. The van der Waals surface area contributed by atoms with Crippen molar-refractivity contribution in [2.45, 2.75) is 26.2 Å². The van der Waals surface area contributed by atoms with Crippen molar-refractivity contribution in [3.8, 4) is 5.75 Å². The van der Waals surface area contributed by atoms with E-state index in [1.807, 2.05) is 69.3 Å². The average Bonchev–Trinajstić information content (AvgIpc) is 2.49. The number of hydrogen-bond acceptors (Lipinski definition) is 2. The lowest BCUT2D eigenvalue weighted by Crippen LogP contribution is -2.35. The first-order valence-corrected chi connectivity index (χ1v) is 6.97. The minimum absolute atomic E-state index is 0.0594. The number of carbonyl (C=O) groups excluding carboxylic acids is 1. The van der Waals surface area contributed by atoms with Crippen LogP contribution in [0.15, 0.2) is 48.5 Å². The van der Waals surface area contributed by atoms with Crippen molar-refractivity contribution < 1.29 is 9.53 Å². The molecule has 0 fully saturated rings. The van der Waals surface area contributed by atoms with Gasteiger partial charge in [-0.2, -0.15) is 0 Å². The van der Waals surface area contributed by atoms with Crippen molar-refractivity contribution in [1.82, 2.24) is 0 Å². The van der Waals surface area contributed by atoms with Gasteiger partial charge in [-0.25, -0.2) is 0 Å². The molecule has 2 aromatic carbocycles. The normalized spacial score (nSPS) is 11.0. The zero-order valence-electron chi connectivity index (χ0n) is 12.9. The molecule has 0 atom stereocenters. The van der Waals surface area contributed by atoms with Gasteiger partial charge in [-0.05, 0) is 39.0 Å². The average molecular weight is 283 g/mol. The number of ether oxygens (including phenoxy) is 1. The van der Waals surface area contributed by atoms with Gasteiger partial charge in [0.05, 0.1) is 12.5 Å². The van der Waals surface area contributed by atoms with E-state index in [9.17, 15) is 4.79 Å². The van der Waals surface area contributed by atoms with Crippen molar-refractivity contribution in [3.63, 3.8) is 0 Å². The number of hydrogen-bond donors (Lipinski definition) is 1. The molecule has 2 aromatic rings. The van der Waals surface area contributed by atoms with Gasteiger partial charge in [0, 0.05) is 11.3 Å². The number of benzene rings is 2. The molecule has 110 valence electrons. The van der Waals surface area contributed by atoms with E-state index in [4.69, 9.17) is 4.74 Å². The molecular formula is C18H21NO2. The number of methoxy groups -OCH3 is 1. The van der Waals surface area contributed by atoms with Crippen LogP contribution in [0.4, 0.5) is 5.69 Å². The number of carbonyl (C=O) groups is 1. The predicted octanol–water partition coefficient (Wildman–Crippen LogP) is 3.92.